The molecule has 9 nitrogen and oxygen atoms in total. The molecule has 1 aromatic heterocycles. The summed E-state index contributed by atoms with van der Waals surface area (Å²) in [6.07, 6.45) is 1.54. The van der Waals surface area contributed by atoms with E-state index in [2.05, 4.69) is 29.2 Å². The number of aromatic nitrogens is 1. The second-order valence-corrected chi connectivity index (χ2v) is 10.6. The second-order valence-electron chi connectivity index (χ2n) is 10.6. The van der Waals surface area contributed by atoms with Crippen molar-refractivity contribution in [2.45, 2.75) is 57.8 Å². The minimum absolute atomic E-state index is 0.0108. The quantitative estimate of drug-likeness (QED) is 0.286. The number of benzene rings is 2. The van der Waals surface area contributed by atoms with E-state index in [1.54, 1.807) is 0 Å². The van der Waals surface area contributed by atoms with Crippen LogP contribution in [0.5, 0.6) is 0 Å². The van der Waals surface area contributed by atoms with Crippen LogP contribution < -0.4 is 5.32 Å². The first kappa shape index (κ1) is 30.3. The van der Waals surface area contributed by atoms with Crippen LogP contribution in [0.2, 0.25) is 0 Å². The Balaban J connectivity index is 1.45. The Hall–Kier alpha value is -3.63. The van der Waals surface area contributed by atoms with Gasteiger partial charge >= 0.3 is 5.97 Å². The second kappa shape index (κ2) is 14.8. The van der Waals surface area contributed by atoms with E-state index in [0.29, 0.717) is 6.54 Å². The van der Waals surface area contributed by atoms with Crippen LogP contribution in [0.25, 0.3) is 0 Å². The number of pyridine rings is 1. The normalized spacial score (nSPS) is 20.6. The highest BCUT2D eigenvalue weighted by atomic mass is 16.7. The lowest BCUT2D eigenvalue weighted by molar-refractivity contribution is -0.275. The van der Waals surface area contributed by atoms with Crippen molar-refractivity contribution in [3.05, 3.63) is 101 Å². The molecular weight excluding hydrogens is 522 g/mol. The van der Waals surface area contributed by atoms with Crippen molar-refractivity contribution in [2.75, 3.05) is 20.1 Å². The fourth-order valence-electron chi connectivity index (χ4n) is 4.88. The van der Waals surface area contributed by atoms with Gasteiger partial charge in [0.1, 0.15) is 0 Å². The van der Waals surface area contributed by atoms with Gasteiger partial charge in [0.15, 0.2) is 6.29 Å². The summed E-state index contributed by atoms with van der Waals surface area (Å²) in [6, 6.07) is 21.5. The SMILES string of the molecule is CC1C(CN(C)CCc2ccccn2)OC(c2ccc(CNC(=O)CCC(=O)O)cc2)OC1c1ccc(CO)cc1. The first-order valence-corrected chi connectivity index (χ1v) is 14.0. The van der Waals surface area contributed by atoms with Crippen LogP contribution >= 0.6 is 0 Å². The molecule has 4 rings (SSSR count). The van der Waals surface area contributed by atoms with Gasteiger partial charge in [0.25, 0.3) is 0 Å². The summed E-state index contributed by atoms with van der Waals surface area (Å²) in [7, 11) is 2.09. The van der Waals surface area contributed by atoms with Gasteiger partial charge in [0, 0.05) is 55.8 Å². The number of amides is 1. The number of aliphatic hydroxyl groups excluding tert-OH is 1. The van der Waals surface area contributed by atoms with Crippen molar-refractivity contribution in [1.29, 1.82) is 0 Å². The zero-order valence-corrected chi connectivity index (χ0v) is 23.6. The monoisotopic (exact) mass is 561 g/mol. The number of hydrogen-bond acceptors (Lipinski definition) is 7. The molecule has 0 saturated carbocycles. The number of carbonyl (C=O) groups excluding carboxylic acids is 1. The van der Waals surface area contributed by atoms with Gasteiger partial charge in [-0.25, -0.2) is 0 Å². The number of ether oxygens (including phenoxy) is 2. The molecule has 218 valence electrons. The predicted molar refractivity (Wildman–Crippen MR) is 154 cm³/mol. The summed E-state index contributed by atoms with van der Waals surface area (Å²) in [5, 5.41) is 21.0. The highest BCUT2D eigenvalue weighted by Crippen LogP contribution is 2.41. The van der Waals surface area contributed by atoms with Crippen LogP contribution in [-0.2, 0) is 38.6 Å². The van der Waals surface area contributed by atoms with Crippen molar-refractivity contribution < 1.29 is 29.3 Å². The third-order valence-electron chi connectivity index (χ3n) is 7.40. The average molecular weight is 562 g/mol. The minimum Gasteiger partial charge on any atom is -0.481 e. The van der Waals surface area contributed by atoms with Crippen molar-refractivity contribution in [1.82, 2.24) is 15.2 Å². The number of carbonyl (C=O) groups is 2. The van der Waals surface area contributed by atoms with E-state index < -0.39 is 12.3 Å². The van der Waals surface area contributed by atoms with Crippen molar-refractivity contribution in [3.8, 4) is 0 Å². The first-order valence-electron chi connectivity index (χ1n) is 14.0. The van der Waals surface area contributed by atoms with E-state index in [9.17, 15) is 14.7 Å². The molecule has 0 aliphatic carbocycles. The van der Waals surface area contributed by atoms with Gasteiger partial charge < -0.3 is 29.9 Å². The lowest BCUT2D eigenvalue weighted by Crippen LogP contribution is -2.43. The number of rotatable bonds is 13. The van der Waals surface area contributed by atoms with Crippen molar-refractivity contribution in [3.63, 3.8) is 0 Å². The lowest BCUT2D eigenvalue weighted by Gasteiger charge is -2.42. The maximum atomic E-state index is 11.9. The average Bonchev–Trinajstić information content (AvgIpc) is 3.00. The van der Waals surface area contributed by atoms with Crippen molar-refractivity contribution in [2.24, 2.45) is 5.92 Å². The van der Waals surface area contributed by atoms with E-state index in [1.807, 2.05) is 72.9 Å². The van der Waals surface area contributed by atoms with Gasteiger partial charge in [-0.2, -0.15) is 0 Å². The van der Waals surface area contributed by atoms with Gasteiger partial charge in [-0.1, -0.05) is 61.5 Å². The molecule has 0 radical (unpaired) electrons. The zero-order chi connectivity index (χ0) is 29.2. The molecule has 3 N–H and O–H groups in total. The molecule has 41 heavy (non-hydrogen) atoms. The Bertz CT molecular complexity index is 1250. The van der Waals surface area contributed by atoms with Gasteiger partial charge in [0.05, 0.1) is 25.2 Å². The van der Waals surface area contributed by atoms with Crippen LogP contribution in [-0.4, -0.2) is 58.2 Å². The smallest absolute Gasteiger partial charge is 0.303 e. The number of likely N-dealkylation sites (N-methyl/N-ethyl adjacent to an activating group) is 1. The Morgan fingerprint density at radius 2 is 1.66 bits per heavy atom. The molecule has 2 heterocycles. The van der Waals surface area contributed by atoms with E-state index in [1.165, 1.54) is 0 Å². The highest BCUT2D eigenvalue weighted by molar-refractivity contribution is 5.80. The lowest BCUT2D eigenvalue weighted by atomic mass is 9.90. The largest absolute Gasteiger partial charge is 0.481 e. The zero-order valence-electron chi connectivity index (χ0n) is 23.6. The molecule has 4 unspecified atom stereocenters. The molecule has 3 aromatic rings. The molecule has 1 fully saturated rings. The topological polar surface area (TPSA) is 121 Å². The van der Waals surface area contributed by atoms with Crippen LogP contribution in [0, 0.1) is 5.92 Å². The molecule has 2 aromatic carbocycles. The molecule has 0 spiro atoms. The molecule has 0 bridgehead atoms. The van der Waals surface area contributed by atoms with Crippen LogP contribution in [0.3, 0.4) is 0 Å². The number of aliphatic hydroxyl groups is 1. The van der Waals surface area contributed by atoms with Crippen LogP contribution in [0.1, 0.15) is 60.1 Å². The van der Waals surface area contributed by atoms with E-state index in [0.717, 1.165) is 47.5 Å². The summed E-state index contributed by atoms with van der Waals surface area (Å²) in [4.78, 5) is 29.3. The number of hydrogen-bond donors (Lipinski definition) is 3. The molecule has 9 heteroatoms. The molecular formula is C32H39N3O6. The van der Waals surface area contributed by atoms with Crippen LogP contribution in [0.15, 0.2) is 72.9 Å². The van der Waals surface area contributed by atoms with E-state index in [-0.39, 0.29) is 43.5 Å². The van der Waals surface area contributed by atoms with Gasteiger partial charge in [-0.3, -0.25) is 14.6 Å². The number of aliphatic carboxylic acids is 1. The van der Waals surface area contributed by atoms with Crippen molar-refractivity contribution >= 4 is 11.9 Å². The maximum absolute atomic E-state index is 11.9. The third-order valence-corrected chi connectivity index (χ3v) is 7.40. The number of nitrogens with one attached hydrogen (secondary N) is 1. The Labute approximate surface area is 241 Å². The Kier molecular flexibility index (Phi) is 11.0. The minimum atomic E-state index is -0.994. The van der Waals surface area contributed by atoms with Gasteiger partial charge in [-0.15, -0.1) is 0 Å². The number of carboxylic acid groups (broad SMARTS) is 1. The molecule has 1 aliphatic rings. The van der Waals surface area contributed by atoms with Gasteiger partial charge in [-0.05, 0) is 35.9 Å². The van der Waals surface area contributed by atoms with Gasteiger partial charge in [0.2, 0.25) is 5.91 Å². The highest BCUT2D eigenvalue weighted by Gasteiger charge is 2.38. The number of carboxylic acids is 1. The Morgan fingerprint density at radius 3 is 2.32 bits per heavy atom. The predicted octanol–water partition coefficient (Wildman–Crippen LogP) is 4.02. The van der Waals surface area contributed by atoms with E-state index >= 15 is 0 Å². The maximum Gasteiger partial charge on any atom is 0.303 e. The summed E-state index contributed by atoms with van der Waals surface area (Å²) >= 11 is 0. The first-order chi connectivity index (χ1) is 19.8. The van der Waals surface area contributed by atoms with Crippen LogP contribution in [0.4, 0.5) is 0 Å². The fourth-order valence-corrected chi connectivity index (χ4v) is 4.88. The van der Waals surface area contributed by atoms with E-state index in [4.69, 9.17) is 14.6 Å². The molecule has 4 atom stereocenters. The fraction of sp³-hybridized carbons (Fsp3) is 0.406. The summed E-state index contributed by atoms with van der Waals surface area (Å²) in [5.74, 6) is -1.22. The molecule has 1 saturated heterocycles. The third kappa shape index (κ3) is 8.93. The standard InChI is InChI=1S/C32H39N3O6/c1-22-28(20-35(2)18-16-27-5-3-4-17-33-27)40-32(41-31(22)25-10-8-24(21-36)9-11-25)26-12-6-23(7-13-26)19-34-29(37)14-15-30(38)39/h3-13,17,22,28,31-32,36H,14-16,18-21H2,1-2H3,(H,34,37)(H,38,39). The Morgan fingerprint density at radius 1 is 0.951 bits per heavy atom. The summed E-state index contributed by atoms with van der Waals surface area (Å²) in [6.45, 7) is 4.01. The molecule has 1 aliphatic heterocycles. The summed E-state index contributed by atoms with van der Waals surface area (Å²) in [5.41, 5.74) is 4.70. The number of nitrogens with zero attached hydrogens (tertiary/aromatic N) is 2. The molecule has 1 amide bonds. The summed E-state index contributed by atoms with van der Waals surface area (Å²) < 4.78 is 13.1.